The first-order chi connectivity index (χ1) is 9.00. The minimum absolute atomic E-state index is 0.113. The topological polar surface area (TPSA) is 26.8 Å². The van der Waals surface area contributed by atoms with Crippen LogP contribution in [0, 0.1) is 0 Å². The third kappa shape index (κ3) is 6.21. The van der Waals surface area contributed by atoms with Gasteiger partial charge in [0.05, 0.1) is 0 Å². The van der Waals surface area contributed by atoms with Crippen molar-refractivity contribution in [3.8, 4) is 0 Å². The zero-order chi connectivity index (χ0) is 14.3. The molecule has 1 aliphatic rings. The number of rotatable bonds is 1. The molecule has 4 heteroatoms. The first-order valence-electron chi connectivity index (χ1n) is 7.32. The standard InChI is InChI=1S/C15H29N3O/c1-14(2)15(19)18-12-6-10-16(3)8-5-9-17(4)11-7-13-18/h1,5-13H2,2-4H3. The second kappa shape index (κ2) is 8.33. The van der Waals surface area contributed by atoms with E-state index in [9.17, 15) is 4.79 Å². The molecule has 4 nitrogen and oxygen atoms in total. The van der Waals surface area contributed by atoms with Crippen molar-refractivity contribution in [1.82, 2.24) is 14.7 Å². The predicted molar refractivity (Wildman–Crippen MR) is 80.2 cm³/mol. The van der Waals surface area contributed by atoms with Gasteiger partial charge in [0, 0.05) is 18.7 Å². The van der Waals surface area contributed by atoms with Gasteiger partial charge in [-0.05, 0) is 66.5 Å². The van der Waals surface area contributed by atoms with Crippen LogP contribution in [0.4, 0.5) is 0 Å². The molecule has 0 bridgehead atoms. The van der Waals surface area contributed by atoms with Crippen molar-refractivity contribution in [2.24, 2.45) is 0 Å². The highest BCUT2D eigenvalue weighted by atomic mass is 16.2. The third-order valence-corrected chi connectivity index (χ3v) is 3.67. The minimum Gasteiger partial charge on any atom is -0.339 e. The lowest BCUT2D eigenvalue weighted by molar-refractivity contribution is -0.127. The molecule has 1 fully saturated rings. The fourth-order valence-electron chi connectivity index (χ4n) is 2.48. The Labute approximate surface area is 118 Å². The number of hydrogen-bond acceptors (Lipinski definition) is 3. The van der Waals surface area contributed by atoms with Gasteiger partial charge < -0.3 is 14.7 Å². The lowest BCUT2D eigenvalue weighted by atomic mass is 10.2. The Hall–Kier alpha value is -0.870. The molecular formula is C15H29N3O. The van der Waals surface area contributed by atoms with E-state index in [0.29, 0.717) is 5.57 Å². The highest BCUT2D eigenvalue weighted by Gasteiger charge is 2.14. The number of carbonyl (C=O) groups excluding carboxylic acids is 1. The van der Waals surface area contributed by atoms with Crippen LogP contribution >= 0.6 is 0 Å². The molecule has 0 aromatic carbocycles. The Kier molecular flexibility index (Phi) is 7.10. The summed E-state index contributed by atoms with van der Waals surface area (Å²) in [6.07, 6.45) is 3.32. The number of hydrogen-bond donors (Lipinski definition) is 0. The van der Waals surface area contributed by atoms with Crippen LogP contribution in [-0.2, 0) is 4.79 Å². The average Bonchev–Trinajstić information content (AvgIpc) is 2.34. The van der Waals surface area contributed by atoms with Crippen LogP contribution in [0.3, 0.4) is 0 Å². The second-order valence-electron chi connectivity index (χ2n) is 5.74. The van der Waals surface area contributed by atoms with Crippen LogP contribution in [0.25, 0.3) is 0 Å². The Morgan fingerprint density at radius 1 is 0.842 bits per heavy atom. The van der Waals surface area contributed by atoms with Gasteiger partial charge >= 0.3 is 0 Å². The van der Waals surface area contributed by atoms with E-state index in [0.717, 1.165) is 52.1 Å². The zero-order valence-electron chi connectivity index (χ0n) is 12.8. The molecule has 1 rings (SSSR count). The highest BCUT2D eigenvalue weighted by Crippen LogP contribution is 2.05. The van der Waals surface area contributed by atoms with Crippen LogP contribution in [0.2, 0.25) is 0 Å². The number of amides is 1. The minimum atomic E-state index is 0.113. The summed E-state index contributed by atoms with van der Waals surface area (Å²) in [4.78, 5) is 18.8. The molecule has 1 amide bonds. The predicted octanol–water partition coefficient (Wildman–Crippen LogP) is 1.44. The van der Waals surface area contributed by atoms with Crippen molar-refractivity contribution in [2.75, 3.05) is 53.4 Å². The van der Waals surface area contributed by atoms with Crippen molar-refractivity contribution >= 4 is 5.91 Å². The van der Waals surface area contributed by atoms with E-state index >= 15 is 0 Å². The van der Waals surface area contributed by atoms with Crippen molar-refractivity contribution < 1.29 is 4.79 Å². The molecule has 0 aliphatic carbocycles. The molecule has 0 aromatic heterocycles. The largest absolute Gasteiger partial charge is 0.339 e. The number of carbonyl (C=O) groups is 1. The third-order valence-electron chi connectivity index (χ3n) is 3.67. The maximum atomic E-state index is 12.1. The Morgan fingerprint density at radius 3 is 1.58 bits per heavy atom. The molecule has 110 valence electrons. The Bertz CT molecular complexity index is 288. The van der Waals surface area contributed by atoms with Gasteiger partial charge in [-0.25, -0.2) is 0 Å². The van der Waals surface area contributed by atoms with Gasteiger partial charge in [-0.1, -0.05) is 6.58 Å². The average molecular weight is 267 g/mol. The smallest absolute Gasteiger partial charge is 0.248 e. The van der Waals surface area contributed by atoms with Gasteiger partial charge in [-0.3, -0.25) is 4.79 Å². The SMILES string of the molecule is C=C(C)C(=O)N1CCCN(C)CCCN(C)CCC1. The van der Waals surface area contributed by atoms with Crippen LogP contribution in [0.5, 0.6) is 0 Å². The molecule has 19 heavy (non-hydrogen) atoms. The first kappa shape index (κ1) is 16.2. The van der Waals surface area contributed by atoms with Crippen LogP contribution < -0.4 is 0 Å². The van der Waals surface area contributed by atoms with Gasteiger partial charge in [0.1, 0.15) is 0 Å². The maximum absolute atomic E-state index is 12.1. The van der Waals surface area contributed by atoms with Crippen molar-refractivity contribution in [3.05, 3.63) is 12.2 Å². The van der Waals surface area contributed by atoms with E-state index in [4.69, 9.17) is 0 Å². The summed E-state index contributed by atoms with van der Waals surface area (Å²) in [7, 11) is 4.33. The molecule has 0 aromatic rings. The van der Waals surface area contributed by atoms with E-state index < -0.39 is 0 Å². The van der Waals surface area contributed by atoms with Crippen molar-refractivity contribution in [1.29, 1.82) is 0 Å². The molecule has 1 heterocycles. The van der Waals surface area contributed by atoms with E-state index in [-0.39, 0.29) is 5.91 Å². The maximum Gasteiger partial charge on any atom is 0.248 e. The molecule has 0 spiro atoms. The Morgan fingerprint density at radius 2 is 1.21 bits per heavy atom. The van der Waals surface area contributed by atoms with Gasteiger partial charge in [0.2, 0.25) is 5.91 Å². The molecule has 0 unspecified atom stereocenters. The normalized spacial score (nSPS) is 21.5. The van der Waals surface area contributed by atoms with E-state index in [1.165, 1.54) is 6.42 Å². The fraction of sp³-hybridized carbons (Fsp3) is 0.800. The van der Waals surface area contributed by atoms with Gasteiger partial charge in [0.15, 0.2) is 0 Å². The first-order valence-corrected chi connectivity index (χ1v) is 7.32. The molecule has 0 atom stereocenters. The summed E-state index contributed by atoms with van der Waals surface area (Å²) in [5, 5.41) is 0. The molecule has 0 saturated carbocycles. The summed E-state index contributed by atoms with van der Waals surface area (Å²) in [5.41, 5.74) is 0.647. The number of nitrogens with zero attached hydrogens (tertiary/aromatic N) is 3. The quantitative estimate of drug-likeness (QED) is 0.673. The fourth-order valence-corrected chi connectivity index (χ4v) is 2.48. The van der Waals surface area contributed by atoms with Gasteiger partial charge in [-0.2, -0.15) is 0 Å². The van der Waals surface area contributed by atoms with E-state index in [1.54, 1.807) is 6.92 Å². The second-order valence-corrected chi connectivity index (χ2v) is 5.74. The molecule has 0 N–H and O–H groups in total. The zero-order valence-corrected chi connectivity index (χ0v) is 12.8. The van der Waals surface area contributed by atoms with Gasteiger partial charge in [0.25, 0.3) is 0 Å². The molecule has 1 saturated heterocycles. The van der Waals surface area contributed by atoms with Gasteiger partial charge in [-0.15, -0.1) is 0 Å². The molecule has 0 radical (unpaired) electrons. The summed E-state index contributed by atoms with van der Waals surface area (Å²) >= 11 is 0. The summed E-state index contributed by atoms with van der Waals surface area (Å²) in [5.74, 6) is 0.113. The summed E-state index contributed by atoms with van der Waals surface area (Å²) < 4.78 is 0. The van der Waals surface area contributed by atoms with Crippen molar-refractivity contribution in [2.45, 2.75) is 26.2 Å². The Balaban J connectivity index is 2.56. The highest BCUT2D eigenvalue weighted by molar-refractivity contribution is 5.92. The summed E-state index contributed by atoms with van der Waals surface area (Å²) in [6, 6.07) is 0. The summed E-state index contributed by atoms with van der Waals surface area (Å²) in [6.45, 7) is 11.7. The van der Waals surface area contributed by atoms with Crippen LogP contribution in [0.15, 0.2) is 12.2 Å². The van der Waals surface area contributed by atoms with Crippen LogP contribution in [0.1, 0.15) is 26.2 Å². The van der Waals surface area contributed by atoms with E-state index in [1.807, 2.05) is 4.90 Å². The monoisotopic (exact) mass is 267 g/mol. The molecule has 1 aliphatic heterocycles. The lowest BCUT2D eigenvalue weighted by Crippen LogP contribution is -2.37. The van der Waals surface area contributed by atoms with E-state index in [2.05, 4.69) is 30.5 Å². The van der Waals surface area contributed by atoms with Crippen LogP contribution in [-0.4, -0.2) is 74.0 Å². The molecular weight excluding hydrogens is 238 g/mol. The lowest BCUT2D eigenvalue weighted by Gasteiger charge is -2.27. The van der Waals surface area contributed by atoms with Crippen molar-refractivity contribution in [3.63, 3.8) is 0 Å².